The molecule has 90 valence electrons. The zero-order chi connectivity index (χ0) is 12.4. The van der Waals surface area contributed by atoms with E-state index < -0.39 is 22.1 Å². The van der Waals surface area contributed by atoms with Crippen LogP contribution in [0.2, 0.25) is 5.02 Å². The number of rotatable bonds is 3. The maximum Gasteiger partial charge on any atom is 0.511 e. The molecule has 0 aromatic heterocycles. The molecule has 0 atom stereocenters. The molecule has 0 saturated carbocycles. The second-order valence-electron chi connectivity index (χ2n) is 2.90. The highest BCUT2D eigenvalue weighted by Crippen LogP contribution is 2.22. The van der Waals surface area contributed by atoms with Gasteiger partial charge in [-0.05, 0) is 17.7 Å². The molecule has 0 fully saturated rings. The summed E-state index contributed by atoms with van der Waals surface area (Å²) in [5.41, 5.74) is -4.95. The van der Waals surface area contributed by atoms with Crippen molar-refractivity contribution < 1.29 is 21.6 Å². The van der Waals surface area contributed by atoms with Gasteiger partial charge in [0.15, 0.2) is 0 Å². The van der Waals surface area contributed by atoms with E-state index in [9.17, 15) is 21.6 Å². The van der Waals surface area contributed by atoms with Crippen LogP contribution < -0.4 is 4.72 Å². The molecule has 0 saturated heterocycles. The molecule has 8 heteroatoms. The second kappa shape index (κ2) is 4.60. The fourth-order valence-corrected chi connectivity index (χ4v) is 1.64. The van der Waals surface area contributed by atoms with Crippen LogP contribution in [0.25, 0.3) is 0 Å². The first-order valence-corrected chi connectivity index (χ1v) is 5.89. The predicted octanol–water partition coefficient (Wildman–Crippen LogP) is 2.28. The lowest BCUT2D eigenvalue weighted by Gasteiger charge is -2.09. The SMILES string of the molecule is O=S(=O)(NCc1cccc(Cl)c1)C(F)(F)F. The molecule has 0 spiro atoms. The molecule has 0 aliphatic heterocycles. The summed E-state index contributed by atoms with van der Waals surface area (Å²) in [6, 6.07) is 5.88. The van der Waals surface area contributed by atoms with Gasteiger partial charge in [0.2, 0.25) is 0 Å². The minimum Gasteiger partial charge on any atom is -0.203 e. The predicted molar refractivity (Wildman–Crippen MR) is 53.3 cm³/mol. The van der Waals surface area contributed by atoms with E-state index in [1.165, 1.54) is 29.0 Å². The Bertz CT molecular complexity index is 472. The van der Waals surface area contributed by atoms with E-state index in [1.807, 2.05) is 0 Å². The zero-order valence-corrected chi connectivity index (χ0v) is 9.33. The second-order valence-corrected chi connectivity index (χ2v) is 5.10. The fourth-order valence-electron chi connectivity index (χ4n) is 0.907. The molecule has 16 heavy (non-hydrogen) atoms. The summed E-state index contributed by atoms with van der Waals surface area (Å²) < 4.78 is 58.5. The lowest BCUT2D eigenvalue weighted by molar-refractivity contribution is -0.0448. The molecule has 0 radical (unpaired) electrons. The minimum atomic E-state index is -5.30. The Morgan fingerprint density at radius 2 is 1.94 bits per heavy atom. The fraction of sp³-hybridized carbons (Fsp3) is 0.250. The minimum absolute atomic E-state index is 0.323. The van der Waals surface area contributed by atoms with Crippen molar-refractivity contribution >= 4 is 21.6 Å². The van der Waals surface area contributed by atoms with E-state index in [0.717, 1.165) is 0 Å². The van der Waals surface area contributed by atoms with Gasteiger partial charge in [0.25, 0.3) is 0 Å². The summed E-state index contributed by atoms with van der Waals surface area (Å²) in [6.07, 6.45) is 0. The van der Waals surface area contributed by atoms with Gasteiger partial charge in [0, 0.05) is 11.6 Å². The molecule has 1 rings (SSSR count). The molecule has 0 aliphatic carbocycles. The van der Waals surface area contributed by atoms with Gasteiger partial charge in [-0.1, -0.05) is 23.7 Å². The summed E-state index contributed by atoms with van der Waals surface area (Å²) >= 11 is 5.59. The largest absolute Gasteiger partial charge is 0.511 e. The lowest BCUT2D eigenvalue weighted by atomic mass is 10.2. The van der Waals surface area contributed by atoms with Crippen LogP contribution in [0.15, 0.2) is 24.3 Å². The van der Waals surface area contributed by atoms with Gasteiger partial charge in [0.05, 0.1) is 0 Å². The molecule has 0 amide bonds. The van der Waals surface area contributed by atoms with E-state index in [0.29, 0.717) is 10.6 Å². The highest BCUT2D eigenvalue weighted by molar-refractivity contribution is 7.90. The molecular formula is C8H7ClF3NO2S. The maximum absolute atomic E-state index is 11.9. The molecule has 0 aliphatic rings. The molecule has 1 N–H and O–H groups in total. The summed E-state index contributed by atoms with van der Waals surface area (Å²) in [6.45, 7) is -0.456. The standard InChI is InChI=1S/C8H7ClF3NO2S/c9-7-3-1-2-6(4-7)5-13-16(14,15)8(10,11)12/h1-4,13H,5H2. The van der Waals surface area contributed by atoms with Crippen molar-refractivity contribution in [3.8, 4) is 0 Å². The van der Waals surface area contributed by atoms with Gasteiger partial charge in [-0.15, -0.1) is 0 Å². The number of hydrogen-bond donors (Lipinski definition) is 1. The van der Waals surface area contributed by atoms with Crippen molar-refractivity contribution in [2.45, 2.75) is 12.1 Å². The Hall–Kier alpha value is -0.790. The number of halogens is 4. The van der Waals surface area contributed by atoms with Gasteiger partial charge >= 0.3 is 15.5 Å². The Kier molecular flexibility index (Phi) is 3.82. The van der Waals surface area contributed by atoms with Crippen LogP contribution >= 0.6 is 11.6 Å². The number of nitrogens with one attached hydrogen (secondary N) is 1. The number of alkyl halides is 3. The first kappa shape index (κ1) is 13.3. The van der Waals surface area contributed by atoms with Crippen molar-refractivity contribution in [1.29, 1.82) is 0 Å². The van der Waals surface area contributed by atoms with E-state index >= 15 is 0 Å². The third-order valence-electron chi connectivity index (χ3n) is 1.66. The van der Waals surface area contributed by atoms with Crippen LogP contribution in [0.1, 0.15) is 5.56 Å². The summed E-state index contributed by atoms with van der Waals surface area (Å²) in [5.74, 6) is 0. The lowest BCUT2D eigenvalue weighted by Crippen LogP contribution is -2.35. The van der Waals surface area contributed by atoms with Gasteiger partial charge in [-0.25, -0.2) is 13.1 Å². The van der Waals surface area contributed by atoms with Gasteiger partial charge in [-0.2, -0.15) is 13.2 Å². The van der Waals surface area contributed by atoms with Crippen molar-refractivity contribution in [3.05, 3.63) is 34.9 Å². The number of benzene rings is 1. The summed E-state index contributed by atoms with van der Waals surface area (Å²) in [4.78, 5) is 0. The van der Waals surface area contributed by atoms with Crippen LogP contribution in [0.4, 0.5) is 13.2 Å². The molecular weight excluding hydrogens is 267 g/mol. The van der Waals surface area contributed by atoms with Crippen LogP contribution in [-0.4, -0.2) is 13.9 Å². The van der Waals surface area contributed by atoms with Crippen LogP contribution in [0.3, 0.4) is 0 Å². The molecule has 0 bridgehead atoms. The first-order chi connectivity index (χ1) is 7.22. The van der Waals surface area contributed by atoms with E-state index in [-0.39, 0.29) is 0 Å². The number of sulfonamides is 1. The normalized spacial score (nSPS) is 12.8. The third-order valence-corrected chi connectivity index (χ3v) is 3.03. The molecule has 0 unspecified atom stereocenters. The van der Waals surface area contributed by atoms with Crippen LogP contribution in [0.5, 0.6) is 0 Å². The van der Waals surface area contributed by atoms with Crippen molar-refractivity contribution in [2.24, 2.45) is 0 Å². The maximum atomic E-state index is 11.9. The van der Waals surface area contributed by atoms with Crippen LogP contribution in [0, 0.1) is 0 Å². The average molecular weight is 274 g/mol. The zero-order valence-electron chi connectivity index (χ0n) is 7.75. The highest BCUT2D eigenvalue weighted by Gasteiger charge is 2.45. The summed E-state index contributed by atoms with van der Waals surface area (Å²) in [5, 5.41) is 0.323. The smallest absolute Gasteiger partial charge is 0.203 e. The Morgan fingerprint density at radius 3 is 2.44 bits per heavy atom. The Morgan fingerprint density at radius 1 is 1.31 bits per heavy atom. The van der Waals surface area contributed by atoms with Gasteiger partial charge in [-0.3, -0.25) is 0 Å². The Balaban J connectivity index is 2.73. The quantitative estimate of drug-likeness (QED) is 0.918. The van der Waals surface area contributed by atoms with E-state index in [4.69, 9.17) is 11.6 Å². The van der Waals surface area contributed by atoms with Gasteiger partial charge < -0.3 is 0 Å². The van der Waals surface area contributed by atoms with Crippen molar-refractivity contribution in [2.75, 3.05) is 0 Å². The van der Waals surface area contributed by atoms with Crippen molar-refractivity contribution in [1.82, 2.24) is 4.72 Å². The molecule has 3 nitrogen and oxygen atoms in total. The van der Waals surface area contributed by atoms with Gasteiger partial charge in [0.1, 0.15) is 0 Å². The van der Waals surface area contributed by atoms with E-state index in [1.54, 1.807) is 0 Å². The monoisotopic (exact) mass is 273 g/mol. The summed E-state index contributed by atoms with van der Waals surface area (Å²) in [7, 11) is -5.30. The number of hydrogen-bond acceptors (Lipinski definition) is 2. The average Bonchev–Trinajstić information content (AvgIpc) is 2.13. The molecule has 0 heterocycles. The first-order valence-electron chi connectivity index (χ1n) is 4.03. The highest BCUT2D eigenvalue weighted by atomic mass is 35.5. The molecule has 1 aromatic rings. The Labute approximate surface area is 95.3 Å². The van der Waals surface area contributed by atoms with E-state index in [2.05, 4.69) is 0 Å². The molecule has 1 aromatic carbocycles. The van der Waals surface area contributed by atoms with Crippen molar-refractivity contribution in [3.63, 3.8) is 0 Å². The third kappa shape index (κ3) is 3.36. The topological polar surface area (TPSA) is 46.2 Å². The van der Waals surface area contributed by atoms with Crippen LogP contribution in [-0.2, 0) is 16.6 Å².